The number of amides is 1. The number of fused-ring (bicyclic) bond motifs is 1. The van der Waals surface area contributed by atoms with Crippen molar-refractivity contribution in [1.82, 2.24) is 0 Å². The zero-order valence-corrected chi connectivity index (χ0v) is 17.1. The molecule has 0 aromatic heterocycles. The summed E-state index contributed by atoms with van der Waals surface area (Å²) >= 11 is 0. The molecule has 0 spiro atoms. The van der Waals surface area contributed by atoms with Gasteiger partial charge >= 0.3 is 0 Å². The van der Waals surface area contributed by atoms with Gasteiger partial charge in [-0.15, -0.1) is 0 Å². The van der Waals surface area contributed by atoms with Crippen molar-refractivity contribution in [1.29, 1.82) is 0 Å². The highest BCUT2D eigenvalue weighted by molar-refractivity contribution is 6.12. The molecule has 4 nitrogen and oxygen atoms in total. The molecule has 0 saturated heterocycles. The van der Waals surface area contributed by atoms with Crippen LogP contribution in [0.15, 0.2) is 66.7 Å². The van der Waals surface area contributed by atoms with Crippen LogP contribution in [0.4, 0.5) is 5.69 Å². The second-order valence-electron chi connectivity index (χ2n) is 8.43. The van der Waals surface area contributed by atoms with E-state index in [1.54, 1.807) is 13.2 Å². The Hall–Kier alpha value is -3.27. The maximum Gasteiger partial charge on any atom is 0.244 e. The SMILES string of the molecule is COc1ccccc1C1(c2cc(C(C)(C)C)ccc2O)C(=O)Nc2ccccc21. The summed E-state index contributed by atoms with van der Waals surface area (Å²) in [5.74, 6) is 0.472. The molecule has 148 valence electrons. The van der Waals surface area contributed by atoms with Crippen LogP contribution >= 0.6 is 0 Å². The molecule has 0 bridgehead atoms. The van der Waals surface area contributed by atoms with Crippen LogP contribution in [0.2, 0.25) is 0 Å². The fraction of sp³-hybridized carbons (Fsp3) is 0.240. The minimum absolute atomic E-state index is 0.0794. The third-order valence-corrected chi connectivity index (χ3v) is 5.70. The largest absolute Gasteiger partial charge is 0.508 e. The minimum Gasteiger partial charge on any atom is -0.508 e. The average molecular weight is 387 g/mol. The Labute approximate surface area is 171 Å². The van der Waals surface area contributed by atoms with Crippen molar-refractivity contribution >= 4 is 11.6 Å². The van der Waals surface area contributed by atoms with Gasteiger partial charge in [-0.1, -0.05) is 63.2 Å². The summed E-state index contributed by atoms with van der Waals surface area (Å²) in [6.45, 7) is 6.34. The fourth-order valence-corrected chi connectivity index (χ4v) is 4.19. The van der Waals surface area contributed by atoms with Crippen molar-refractivity contribution in [3.05, 3.63) is 89.0 Å². The van der Waals surface area contributed by atoms with Gasteiger partial charge in [0.05, 0.1) is 7.11 Å². The van der Waals surface area contributed by atoms with E-state index in [4.69, 9.17) is 4.74 Å². The molecule has 1 aliphatic rings. The van der Waals surface area contributed by atoms with Crippen molar-refractivity contribution in [2.45, 2.75) is 31.6 Å². The van der Waals surface area contributed by atoms with E-state index in [-0.39, 0.29) is 17.1 Å². The highest BCUT2D eigenvalue weighted by atomic mass is 16.5. The number of hydrogen-bond donors (Lipinski definition) is 2. The van der Waals surface area contributed by atoms with Gasteiger partial charge in [0, 0.05) is 22.4 Å². The van der Waals surface area contributed by atoms with Crippen LogP contribution in [0.1, 0.15) is 43.0 Å². The van der Waals surface area contributed by atoms with Crippen molar-refractivity contribution in [2.24, 2.45) is 0 Å². The Balaban J connectivity index is 2.14. The van der Waals surface area contributed by atoms with Gasteiger partial charge in [-0.05, 0) is 35.2 Å². The number of nitrogens with one attached hydrogen (secondary N) is 1. The lowest BCUT2D eigenvalue weighted by atomic mass is 9.68. The highest BCUT2D eigenvalue weighted by Gasteiger charge is 2.52. The number of phenols is 1. The normalized spacial score (nSPS) is 18.3. The van der Waals surface area contributed by atoms with Crippen LogP contribution in [0.25, 0.3) is 0 Å². The van der Waals surface area contributed by atoms with Gasteiger partial charge < -0.3 is 15.2 Å². The lowest BCUT2D eigenvalue weighted by Gasteiger charge is -2.32. The summed E-state index contributed by atoms with van der Waals surface area (Å²) in [6.07, 6.45) is 0. The second-order valence-corrected chi connectivity index (χ2v) is 8.43. The van der Waals surface area contributed by atoms with Gasteiger partial charge in [-0.25, -0.2) is 0 Å². The van der Waals surface area contributed by atoms with Gasteiger partial charge in [0.1, 0.15) is 16.9 Å². The second kappa shape index (κ2) is 6.66. The smallest absolute Gasteiger partial charge is 0.244 e. The lowest BCUT2D eigenvalue weighted by molar-refractivity contribution is -0.118. The van der Waals surface area contributed by atoms with Crippen LogP contribution in [-0.2, 0) is 15.6 Å². The Morgan fingerprint density at radius 2 is 1.55 bits per heavy atom. The topological polar surface area (TPSA) is 58.6 Å². The van der Waals surface area contributed by atoms with Crippen molar-refractivity contribution in [3.8, 4) is 11.5 Å². The molecule has 0 radical (unpaired) electrons. The molecule has 0 saturated carbocycles. The first-order chi connectivity index (χ1) is 13.8. The van der Waals surface area contributed by atoms with Crippen LogP contribution < -0.4 is 10.1 Å². The van der Waals surface area contributed by atoms with Gasteiger partial charge in [0.2, 0.25) is 5.91 Å². The molecule has 4 rings (SSSR count). The molecule has 29 heavy (non-hydrogen) atoms. The van der Waals surface area contributed by atoms with Crippen LogP contribution in [0, 0.1) is 0 Å². The summed E-state index contributed by atoms with van der Waals surface area (Å²) in [4.78, 5) is 13.7. The van der Waals surface area contributed by atoms with Gasteiger partial charge in [0.15, 0.2) is 0 Å². The number of ether oxygens (including phenoxy) is 1. The zero-order valence-electron chi connectivity index (χ0n) is 17.1. The number of carbonyl (C=O) groups excluding carboxylic acids is 1. The molecular formula is C25H25NO3. The van der Waals surface area contributed by atoms with Gasteiger partial charge in [-0.3, -0.25) is 4.79 Å². The Bertz CT molecular complexity index is 1100. The number of anilines is 1. The summed E-state index contributed by atoms with van der Waals surface area (Å²) in [5.41, 5.74) is 2.48. The maximum atomic E-state index is 13.7. The third kappa shape index (κ3) is 2.79. The molecule has 2 N–H and O–H groups in total. The summed E-state index contributed by atoms with van der Waals surface area (Å²) in [5, 5.41) is 14.0. The van der Waals surface area contributed by atoms with Crippen molar-refractivity contribution in [2.75, 3.05) is 12.4 Å². The maximum absolute atomic E-state index is 13.7. The quantitative estimate of drug-likeness (QED) is 0.666. The van der Waals surface area contributed by atoms with E-state index in [0.29, 0.717) is 16.9 Å². The van der Waals surface area contributed by atoms with Crippen molar-refractivity contribution < 1.29 is 14.6 Å². The molecule has 0 fully saturated rings. The van der Waals surface area contributed by atoms with Gasteiger partial charge in [0.25, 0.3) is 0 Å². The molecule has 3 aromatic carbocycles. The molecule has 1 heterocycles. The van der Waals surface area contributed by atoms with Crippen molar-refractivity contribution in [3.63, 3.8) is 0 Å². The number of carbonyl (C=O) groups is 1. The van der Waals surface area contributed by atoms with E-state index in [2.05, 4.69) is 26.1 Å². The molecule has 3 aromatic rings. The number of methoxy groups -OCH3 is 1. The molecule has 1 amide bonds. The van der Waals surface area contributed by atoms with E-state index in [9.17, 15) is 9.90 Å². The number of phenolic OH excluding ortho intramolecular Hbond substituents is 1. The van der Waals surface area contributed by atoms with Gasteiger partial charge in [-0.2, -0.15) is 0 Å². The summed E-state index contributed by atoms with van der Waals surface area (Å²) in [6, 6.07) is 20.7. The van der Waals surface area contributed by atoms with Crippen LogP contribution in [0.5, 0.6) is 11.5 Å². The van der Waals surface area contributed by atoms with E-state index in [1.807, 2.05) is 60.7 Å². The van der Waals surface area contributed by atoms with Crippen LogP contribution in [0.3, 0.4) is 0 Å². The Morgan fingerprint density at radius 1 is 0.897 bits per heavy atom. The molecule has 1 atom stereocenters. The number of aromatic hydroxyl groups is 1. The molecule has 1 aliphatic heterocycles. The molecule has 4 heteroatoms. The lowest BCUT2D eigenvalue weighted by Crippen LogP contribution is -2.37. The van der Waals surface area contributed by atoms with Crippen LogP contribution in [-0.4, -0.2) is 18.1 Å². The predicted molar refractivity (Wildman–Crippen MR) is 115 cm³/mol. The first-order valence-electron chi connectivity index (χ1n) is 9.68. The highest BCUT2D eigenvalue weighted by Crippen LogP contribution is 2.52. The summed E-state index contributed by atoms with van der Waals surface area (Å²) < 4.78 is 5.64. The molecule has 0 aliphatic carbocycles. The predicted octanol–water partition coefficient (Wildman–Crippen LogP) is 4.98. The summed E-state index contributed by atoms with van der Waals surface area (Å²) in [7, 11) is 1.59. The first kappa shape index (κ1) is 19.1. The Morgan fingerprint density at radius 3 is 2.24 bits per heavy atom. The third-order valence-electron chi connectivity index (χ3n) is 5.70. The number of benzene rings is 3. The van der Waals surface area contributed by atoms with E-state index in [0.717, 1.165) is 16.8 Å². The number of hydrogen-bond acceptors (Lipinski definition) is 3. The standard InChI is InChI=1S/C25H25NO3/c1-24(2,3)16-13-14-21(27)19(15-16)25(18-10-6-8-12-22(18)29-4)17-9-5-7-11-20(17)26-23(25)28/h5-15,27H,1-4H3,(H,26,28). The molecular weight excluding hydrogens is 362 g/mol. The fourth-order valence-electron chi connectivity index (χ4n) is 4.19. The van der Waals surface area contributed by atoms with E-state index >= 15 is 0 Å². The first-order valence-corrected chi connectivity index (χ1v) is 9.68. The Kier molecular flexibility index (Phi) is 4.38. The monoisotopic (exact) mass is 387 g/mol. The number of rotatable bonds is 3. The minimum atomic E-state index is -1.21. The average Bonchev–Trinajstić information content (AvgIpc) is 3.00. The zero-order chi connectivity index (χ0) is 20.8. The van der Waals surface area contributed by atoms with E-state index in [1.165, 1.54) is 0 Å². The molecule has 1 unspecified atom stereocenters. The number of para-hydroxylation sites is 2. The van der Waals surface area contributed by atoms with E-state index < -0.39 is 5.41 Å².